The summed E-state index contributed by atoms with van der Waals surface area (Å²) in [5.41, 5.74) is 0.205. The van der Waals surface area contributed by atoms with Crippen LogP contribution in [0.3, 0.4) is 0 Å². The fourth-order valence-corrected chi connectivity index (χ4v) is 2.37. The maximum absolute atomic E-state index is 12.2. The minimum absolute atomic E-state index is 0.205. The van der Waals surface area contributed by atoms with Crippen LogP contribution in [-0.2, 0) is 0 Å². The van der Waals surface area contributed by atoms with Crippen LogP contribution in [0.2, 0.25) is 0 Å². The Morgan fingerprint density at radius 2 is 2.00 bits per heavy atom. The second-order valence-electron chi connectivity index (χ2n) is 3.14. The molecule has 0 amide bonds. The van der Waals surface area contributed by atoms with Gasteiger partial charge in [0.05, 0.1) is 5.69 Å². The maximum atomic E-state index is 12.2. The highest BCUT2D eigenvalue weighted by Crippen LogP contribution is 2.33. The van der Waals surface area contributed by atoms with Gasteiger partial charge in [-0.2, -0.15) is 0 Å². The number of benzene rings is 1. The van der Waals surface area contributed by atoms with E-state index in [0.717, 1.165) is 0 Å². The molecule has 2 aromatic rings. The molecule has 0 fully saturated rings. The third kappa shape index (κ3) is 3.61. The minimum atomic E-state index is -4.72. The highest BCUT2D eigenvalue weighted by Gasteiger charge is 2.32. The van der Waals surface area contributed by atoms with E-state index in [1.54, 1.807) is 11.4 Å². The number of rotatable bonds is 3. The molecule has 0 aliphatic carbocycles. The average Bonchev–Trinajstić information content (AvgIpc) is 2.65. The van der Waals surface area contributed by atoms with Gasteiger partial charge in [0.15, 0.2) is 10.9 Å². The second kappa shape index (κ2) is 5.15. The molecule has 0 radical (unpaired) electrons. The van der Waals surface area contributed by atoms with Gasteiger partial charge < -0.3 is 10.1 Å². The van der Waals surface area contributed by atoms with E-state index in [1.165, 1.54) is 29.5 Å². The number of ether oxygens (including phenoxy) is 1. The summed E-state index contributed by atoms with van der Waals surface area (Å²) in [5, 5.41) is 4.96. The molecule has 3 nitrogen and oxygen atoms in total. The summed E-state index contributed by atoms with van der Waals surface area (Å²) in [6, 6.07) is 5.78. The van der Waals surface area contributed by atoms with Crippen LogP contribution in [0, 0.1) is 0 Å². The SMILES string of the molecule is FC(F)(F)Oc1ccccc1Nc1nc(Br)cs1. The normalized spacial score (nSPS) is 11.3. The molecule has 1 aromatic carbocycles. The molecule has 18 heavy (non-hydrogen) atoms. The van der Waals surface area contributed by atoms with Gasteiger partial charge in [-0.15, -0.1) is 24.5 Å². The Balaban J connectivity index is 2.22. The quantitative estimate of drug-likeness (QED) is 0.891. The van der Waals surface area contributed by atoms with E-state index in [2.05, 4.69) is 31.0 Å². The molecule has 1 aromatic heterocycles. The van der Waals surface area contributed by atoms with Gasteiger partial charge in [-0.3, -0.25) is 0 Å². The lowest BCUT2D eigenvalue weighted by Crippen LogP contribution is -2.17. The van der Waals surface area contributed by atoms with Crippen molar-refractivity contribution in [3.63, 3.8) is 0 Å². The van der Waals surface area contributed by atoms with E-state index in [9.17, 15) is 13.2 Å². The topological polar surface area (TPSA) is 34.1 Å². The number of nitrogens with one attached hydrogen (secondary N) is 1. The molecule has 0 unspecified atom stereocenters. The number of halogens is 4. The zero-order chi connectivity index (χ0) is 13.2. The van der Waals surface area contributed by atoms with Crippen molar-refractivity contribution >= 4 is 38.1 Å². The number of anilines is 2. The summed E-state index contributed by atoms with van der Waals surface area (Å²) in [7, 11) is 0. The van der Waals surface area contributed by atoms with Crippen molar-refractivity contribution in [2.24, 2.45) is 0 Å². The molecule has 96 valence electrons. The molecule has 0 saturated heterocycles. The summed E-state index contributed by atoms with van der Waals surface area (Å²) in [5.74, 6) is -0.295. The lowest BCUT2D eigenvalue weighted by molar-refractivity contribution is -0.274. The molecule has 0 atom stereocenters. The number of hydrogen-bond acceptors (Lipinski definition) is 4. The first kappa shape index (κ1) is 13.2. The van der Waals surface area contributed by atoms with Gasteiger partial charge in [0.2, 0.25) is 0 Å². The molecule has 1 heterocycles. The Kier molecular flexibility index (Phi) is 3.76. The van der Waals surface area contributed by atoms with Crippen molar-refractivity contribution in [2.75, 3.05) is 5.32 Å². The van der Waals surface area contributed by atoms with E-state index in [4.69, 9.17) is 0 Å². The standard InChI is InChI=1S/C10H6BrF3N2OS/c11-8-5-18-9(16-8)15-6-3-1-2-4-7(6)17-10(12,13)14/h1-5H,(H,15,16). The van der Waals surface area contributed by atoms with Gasteiger partial charge >= 0.3 is 6.36 Å². The van der Waals surface area contributed by atoms with Crippen molar-refractivity contribution in [1.29, 1.82) is 0 Å². The fourth-order valence-electron chi connectivity index (χ4n) is 1.21. The first-order chi connectivity index (χ1) is 8.44. The lowest BCUT2D eigenvalue weighted by atomic mass is 10.3. The minimum Gasteiger partial charge on any atom is -0.404 e. The van der Waals surface area contributed by atoms with Gasteiger partial charge in [-0.05, 0) is 28.1 Å². The van der Waals surface area contributed by atoms with E-state index in [1.807, 2.05) is 0 Å². The smallest absolute Gasteiger partial charge is 0.404 e. The first-order valence-corrected chi connectivity index (χ1v) is 6.34. The predicted octanol–water partition coefficient (Wildman–Crippen LogP) is 4.55. The van der Waals surface area contributed by atoms with E-state index < -0.39 is 6.36 Å². The average molecular weight is 339 g/mol. The number of hydrogen-bond donors (Lipinski definition) is 1. The van der Waals surface area contributed by atoms with E-state index in [0.29, 0.717) is 9.73 Å². The summed E-state index contributed by atoms with van der Waals surface area (Å²) in [6.45, 7) is 0. The van der Waals surface area contributed by atoms with Crippen molar-refractivity contribution in [3.8, 4) is 5.75 Å². The maximum Gasteiger partial charge on any atom is 0.573 e. The highest BCUT2D eigenvalue weighted by atomic mass is 79.9. The van der Waals surface area contributed by atoms with Crippen LogP contribution >= 0.6 is 27.3 Å². The molecule has 0 spiro atoms. The molecular formula is C10H6BrF3N2OS. The summed E-state index contributed by atoms with van der Waals surface area (Å²) in [4.78, 5) is 4.03. The van der Waals surface area contributed by atoms with Gasteiger partial charge in [0, 0.05) is 5.38 Å². The Morgan fingerprint density at radius 1 is 1.28 bits per heavy atom. The molecule has 0 bridgehead atoms. The number of para-hydroxylation sites is 2. The summed E-state index contributed by atoms with van der Waals surface area (Å²) < 4.78 is 41.1. The Bertz CT molecular complexity index is 544. The Morgan fingerprint density at radius 3 is 2.61 bits per heavy atom. The Hall–Kier alpha value is -1.28. The fraction of sp³-hybridized carbons (Fsp3) is 0.100. The van der Waals surface area contributed by atoms with Crippen molar-refractivity contribution in [2.45, 2.75) is 6.36 Å². The molecule has 8 heteroatoms. The predicted molar refractivity (Wildman–Crippen MR) is 66.2 cm³/mol. The van der Waals surface area contributed by atoms with Crippen LogP contribution in [0.5, 0.6) is 5.75 Å². The van der Waals surface area contributed by atoms with E-state index in [-0.39, 0.29) is 11.4 Å². The monoisotopic (exact) mass is 338 g/mol. The van der Waals surface area contributed by atoms with Crippen LogP contribution in [0.1, 0.15) is 0 Å². The first-order valence-electron chi connectivity index (χ1n) is 4.67. The molecule has 2 rings (SSSR count). The summed E-state index contributed by atoms with van der Waals surface area (Å²) >= 11 is 4.43. The number of nitrogens with zero attached hydrogens (tertiary/aromatic N) is 1. The van der Waals surface area contributed by atoms with Crippen LogP contribution in [0.25, 0.3) is 0 Å². The Labute approximate surface area is 113 Å². The number of aromatic nitrogens is 1. The molecule has 0 aliphatic heterocycles. The van der Waals surface area contributed by atoms with Crippen molar-refractivity contribution in [3.05, 3.63) is 34.2 Å². The summed E-state index contributed by atoms with van der Waals surface area (Å²) in [6.07, 6.45) is -4.72. The third-order valence-electron chi connectivity index (χ3n) is 1.83. The zero-order valence-corrected chi connectivity index (χ0v) is 11.1. The molecule has 1 N–H and O–H groups in total. The molecule has 0 aliphatic rings. The largest absolute Gasteiger partial charge is 0.573 e. The van der Waals surface area contributed by atoms with Crippen molar-refractivity contribution < 1.29 is 17.9 Å². The molecule has 0 saturated carbocycles. The van der Waals surface area contributed by atoms with Crippen LogP contribution in [0.15, 0.2) is 34.2 Å². The van der Waals surface area contributed by atoms with Gasteiger partial charge in [0.25, 0.3) is 0 Å². The van der Waals surface area contributed by atoms with Crippen LogP contribution in [0.4, 0.5) is 24.0 Å². The van der Waals surface area contributed by atoms with Crippen molar-refractivity contribution in [1.82, 2.24) is 4.98 Å². The van der Waals surface area contributed by atoms with Gasteiger partial charge in [0.1, 0.15) is 4.60 Å². The molecular weight excluding hydrogens is 333 g/mol. The van der Waals surface area contributed by atoms with Gasteiger partial charge in [-0.1, -0.05) is 12.1 Å². The lowest BCUT2D eigenvalue weighted by Gasteiger charge is -2.13. The second-order valence-corrected chi connectivity index (χ2v) is 4.81. The van der Waals surface area contributed by atoms with E-state index >= 15 is 0 Å². The highest BCUT2D eigenvalue weighted by molar-refractivity contribution is 9.10. The third-order valence-corrected chi connectivity index (χ3v) is 3.30. The van der Waals surface area contributed by atoms with Crippen LogP contribution in [-0.4, -0.2) is 11.3 Å². The van der Waals surface area contributed by atoms with Crippen LogP contribution < -0.4 is 10.1 Å². The number of alkyl halides is 3. The number of thiazole rings is 1. The van der Waals surface area contributed by atoms with Gasteiger partial charge in [-0.25, -0.2) is 4.98 Å². The zero-order valence-electron chi connectivity index (χ0n) is 8.66.